The summed E-state index contributed by atoms with van der Waals surface area (Å²) >= 11 is 0. The minimum absolute atomic E-state index is 0.0408. The Labute approximate surface area is 121 Å². The third-order valence-electron chi connectivity index (χ3n) is 4.31. The first-order chi connectivity index (χ1) is 9.62. The molecule has 0 bridgehead atoms. The maximum absolute atomic E-state index is 12.3. The molecule has 1 heterocycles. The van der Waals surface area contributed by atoms with Crippen LogP contribution in [-0.2, 0) is 22.9 Å². The minimum Gasteiger partial charge on any atom is -0.317 e. The Balaban J connectivity index is 1.58. The maximum atomic E-state index is 12.3. The molecule has 4 nitrogen and oxygen atoms in total. The second kappa shape index (κ2) is 5.84. The lowest BCUT2D eigenvalue weighted by Crippen LogP contribution is -2.40. The number of hydrogen-bond donors (Lipinski definition) is 2. The number of piperidine rings is 1. The highest BCUT2D eigenvalue weighted by Crippen LogP contribution is 2.22. The minimum atomic E-state index is -3.16. The molecule has 2 aliphatic rings. The molecular weight excluding hydrogens is 272 g/mol. The molecule has 1 aliphatic carbocycles. The lowest BCUT2D eigenvalue weighted by molar-refractivity contribution is 0.399. The van der Waals surface area contributed by atoms with Crippen molar-refractivity contribution in [3.8, 4) is 0 Å². The van der Waals surface area contributed by atoms with Gasteiger partial charge in [0.25, 0.3) is 0 Å². The molecule has 20 heavy (non-hydrogen) atoms. The zero-order chi connectivity index (χ0) is 14.0. The van der Waals surface area contributed by atoms with Crippen LogP contribution in [0.3, 0.4) is 0 Å². The van der Waals surface area contributed by atoms with Crippen molar-refractivity contribution in [2.24, 2.45) is 5.92 Å². The molecule has 1 aromatic carbocycles. The van der Waals surface area contributed by atoms with Crippen LogP contribution < -0.4 is 10.0 Å². The second-order valence-electron chi connectivity index (χ2n) is 5.97. The zero-order valence-electron chi connectivity index (χ0n) is 11.6. The van der Waals surface area contributed by atoms with Gasteiger partial charge >= 0.3 is 0 Å². The Bertz CT molecular complexity index is 540. The lowest BCUT2D eigenvalue weighted by Gasteiger charge is -2.23. The van der Waals surface area contributed by atoms with Gasteiger partial charge in [0.2, 0.25) is 10.0 Å². The number of sulfonamides is 1. The molecule has 0 amide bonds. The Kier molecular flexibility index (Phi) is 4.10. The summed E-state index contributed by atoms with van der Waals surface area (Å²) in [7, 11) is -3.16. The fourth-order valence-electron chi connectivity index (χ4n) is 3.30. The van der Waals surface area contributed by atoms with Gasteiger partial charge in [-0.05, 0) is 55.8 Å². The molecule has 0 aromatic heterocycles. The van der Waals surface area contributed by atoms with Gasteiger partial charge in [-0.15, -0.1) is 0 Å². The van der Waals surface area contributed by atoms with Gasteiger partial charge in [-0.1, -0.05) is 24.3 Å². The molecule has 3 rings (SSSR count). The normalized spacial score (nSPS) is 21.0. The Morgan fingerprint density at radius 2 is 1.70 bits per heavy atom. The van der Waals surface area contributed by atoms with E-state index in [1.54, 1.807) is 0 Å². The zero-order valence-corrected chi connectivity index (χ0v) is 12.5. The number of rotatable bonds is 4. The van der Waals surface area contributed by atoms with E-state index in [9.17, 15) is 8.42 Å². The highest BCUT2D eigenvalue weighted by molar-refractivity contribution is 7.89. The van der Waals surface area contributed by atoms with Crippen LogP contribution in [-0.4, -0.2) is 33.3 Å². The van der Waals surface area contributed by atoms with Gasteiger partial charge < -0.3 is 5.32 Å². The van der Waals surface area contributed by atoms with Gasteiger partial charge in [0.1, 0.15) is 0 Å². The van der Waals surface area contributed by atoms with Crippen LogP contribution in [0.5, 0.6) is 0 Å². The van der Waals surface area contributed by atoms with E-state index in [1.807, 2.05) is 12.1 Å². The van der Waals surface area contributed by atoms with Crippen LogP contribution in [0, 0.1) is 5.92 Å². The van der Waals surface area contributed by atoms with Crippen LogP contribution in [0.2, 0.25) is 0 Å². The van der Waals surface area contributed by atoms with Crippen molar-refractivity contribution in [3.05, 3.63) is 35.4 Å². The number of benzene rings is 1. The van der Waals surface area contributed by atoms with Crippen LogP contribution >= 0.6 is 0 Å². The topological polar surface area (TPSA) is 58.2 Å². The summed E-state index contributed by atoms with van der Waals surface area (Å²) in [5.74, 6) is 0.583. The molecular formula is C15H22N2O2S. The van der Waals surface area contributed by atoms with Crippen molar-refractivity contribution in [1.29, 1.82) is 0 Å². The van der Waals surface area contributed by atoms with E-state index in [1.165, 1.54) is 11.1 Å². The van der Waals surface area contributed by atoms with E-state index < -0.39 is 10.0 Å². The Morgan fingerprint density at radius 1 is 1.10 bits per heavy atom. The predicted molar refractivity (Wildman–Crippen MR) is 80.2 cm³/mol. The van der Waals surface area contributed by atoms with Crippen molar-refractivity contribution in [2.75, 3.05) is 18.8 Å². The first kappa shape index (κ1) is 14.0. The standard InChI is InChI=1S/C15H22N2O2S/c18-20(19,11-12-5-7-16-8-6-12)17-15-9-13-3-1-2-4-14(13)10-15/h1-4,12,15-17H,5-11H2. The smallest absolute Gasteiger partial charge is 0.212 e. The van der Waals surface area contributed by atoms with Crippen LogP contribution in [0.4, 0.5) is 0 Å². The largest absolute Gasteiger partial charge is 0.317 e. The van der Waals surface area contributed by atoms with Crippen LogP contribution in [0.15, 0.2) is 24.3 Å². The first-order valence-electron chi connectivity index (χ1n) is 7.40. The van der Waals surface area contributed by atoms with E-state index in [2.05, 4.69) is 22.2 Å². The lowest BCUT2D eigenvalue weighted by atomic mass is 10.0. The van der Waals surface area contributed by atoms with Gasteiger partial charge in [0.15, 0.2) is 0 Å². The van der Waals surface area contributed by atoms with Crippen molar-refractivity contribution in [3.63, 3.8) is 0 Å². The molecule has 5 heteroatoms. The van der Waals surface area contributed by atoms with Gasteiger partial charge in [-0.3, -0.25) is 0 Å². The monoisotopic (exact) mass is 294 g/mol. The Morgan fingerprint density at radius 3 is 2.30 bits per heavy atom. The molecule has 1 aromatic rings. The van der Waals surface area contributed by atoms with Crippen LogP contribution in [0.25, 0.3) is 0 Å². The summed E-state index contributed by atoms with van der Waals surface area (Å²) in [6.07, 6.45) is 3.57. The number of fused-ring (bicyclic) bond motifs is 1. The van der Waals surface area contributed by atoms with Crippen LogP contribution in [0.1, 0.15) is 24.0 Å². The molecule has 2 N–H and O–H groups in total. The van der Waals surface area contributed by atoms with E-state index in [0.29, 0.717) is 5.92 Å². The fourth-order valence-corrected chi connectivity index (χ4v) is 5.03. The summed E-state index contributed by atoms with van der Waals surface area (Å²) in [4.78, 5) is 0. The number of hydrogen-bond acceptors (Lipinski definition) is 3. The van der Waals surface area contributed by atoms with Gasteiger partial charge in [0, 0.05) is 6.04 Å². The SMILES string of the molecule is O=S(=O)(CC1CCNCC1)NC1Cc2ccccc2C1. The van der Waals surface area contributed by atoms with Gasteiger partial charge in [-0.2, -0.15) is 0 Å². The Hall–Kier alpha value is -0.910. The van der Waals surface area contributed by atoms with Crippen molar-refractivity contribution < 1.29 is 8.42 Å². The molecule has 1 saturated heterocycles. The molecule has 0 radical (unpaired) electrons. The van der Waals surface area contributed by atoms with E-state index in [4.69, 9.17) is 0 Å². The average Bonchev–Trinajstić information content (AvgIpc) is 2.80. The third kappa shape index (κ3) is 3.40. The molecule has 0 spiro atoms. The maximum Gasteiger partial charge on any atom is 0.212 e. The molecule has 0 atom stereocenters. The second-order valence-corrected chi connectivity index (χ2v) is 7.77. The van der Waals surface area contributed by atoms with E-state index in [-0.39, 0.29) is 11.8 Å². The molecule has 1 aliphatic heterocycles. The molecule has 1 fully saturated rings. The predicted octanol–water partition coefficient (Wildman–Crippen LogP) is 1.07. The quantitative estimate of drug-likeness (QED) is 0.873. The summed E-state index contributed by atoms with van der Waals surface area (Å²) in [6.45, 7) is 1.88. The highest BCUT2D eigenvalue weighted by Gasteiger charge is 2.27. The van der Waals surface area contributed by atoms with E-state index >= 15 is 0 Å². The molecule has 0 unspecified atom stereocenters. The highest BCUT2D eigenvalue weighted by atomic mass is 32.2. The van der Waals surface area contributed by atoms with E-state index in [0.717, 1.165) is 38.8 Å². The summed E-state index contributed by atoms with van der Waals surface area (Å²) < 4.78 is 27.4. The molecule has 110 valence electrons. The van der Waals surface area contributed by atoms with Gasteiger partial charge in [0.05, 0.1) is 5.75 Å². The molecule has 0 saturated carbocycles. The third-order valence-corrected chi connectivity index (χ3v) is 5.91. The first-order valence-corrected chi connectivity index (χ1v) is 9.05. The summed E-state index contributed by atoms with van der Waals surface area (Å²) in [5, 5.41) is 3.27. The van der Waals surface area contributed by atoms with Crippen molar-refractivity contribution in [1.82, 2.24) is 10.0 Å². The average molecular weight is 294 g/mol. The summed E-state index contributed by atoms with van der Waals surface area (Å²) in [6, 6.07) is 8.27. The summed E-state index contributed by atoms with van der Waals surface area (Å²) in [5.41, 5.74) is 2.56. The van der Waals surface area contributed by atoms with Crippen molar-refractivity contribution >= 4 is 10.0 Å². The van der Waals surface area contributed by atoms with Gasteiger partial charge in [-0.25, -0.2) is 13.1 Å². The van der Waals surface area contributed by atoms with Crippen molar-refractivity contribution in [2.45, 2.75) is 31.7 Å². The fraction of sp³-hybridized carbons (Fsp3) is 0.600. The number of nitrogens with one attached hydrogen (secondary N) is 2.